The van der Waals surface area contributed by atoms with Crippen LogP contribution in [0.1, 0.15) is 34.6 Å². The summed E-state index contributed by atoms with van der Waals surface area (Å²) in [5.41, 5.74) is 3.27. The highest BCUT2D eigenvalue weighted by Crippen LogP contribution is 2.41. The highest BCUT2D eigenvalue weighted by molar-refractivity contribution is 5.92. The molecule has 2 heterocycles. The summed E-state index contributed by atoms with van der Waals surface area (Å²) in [4.78, 5) is 24.8. The van der Waals surface area contributed by atoms with Crippen LogP contribution < -0.4 is 10.4 Å². The lowest BCUT2D eigenvalue weighted by Crippen LogP contribution is -2.26. The SMILES string of the molecule is Cc1cc(C)c2c3c(c(=O)oc2c1)[C@@H](c1ccccc1)CC(=O)O3. The number of ether oxygens (including phenoxy) is 1. The van der Waals surface area contributed by atoms with E-state index < -0.39 is 5.63 Å². The van der Waals surface area contributed by atoms with E-state index in [1.807, 2.05) is 50.2 Å². The molecule has 0 N–H and O–H groups in total. The number of esters is 1. The van der Waals surface area contributed by atoms with Gasteiger partial charge in [0.05, 0.1) is 17.4 Å². The van der Waals surface area contributed by atoms with Crippen LogP contribution in [0.25, 0.3) is 11.0 Å². The highest BCUT2D eigenvalue weighted by atomic mass is 16.5. The van der Waals surface area contributed by atoms with Crippen LogP contribution >= 0.6 is 0 Å². The van der Waals surface area contributed by atoms with Crippen LogP contribution in [0.2, 0.25) is 0 Å². The lowest BCUT2D eigenvalue weighted by atomic mass is 9.86. The van der Waals surface area contributed by atoms with E-state index in [4.69, 9.17) is 9.15 Å². The summed E-state index contributed by atoms with van der Waals surface area (Å²) < 4.78 is 11.1. The van der Waals surface area contributed by atoms with Crippen molar-refractivity contribution in [3.63, 3.8) is 0 Å². The molecule has 24 heavy (non-hydrogen) atoms. The Labute approximate surface area is 138 Å². The fraction of sp³-hybridized carbons (Fsp3) is 0.200. The van der Waals surface area contributed by atoms with Gasteiger partial charge in [0, 0.05) is 5.92 Å². The van der Waals surface area contributed by atoms with E-state index in [0.29, 0.717) is 22.3 Å². The standard InChI is InChI=1S/C20H16O4/c1-11-8-12(2)17-15(9-11)23-20(22)18-14(10-16(21)24-19(17)18)13-6-4-3-5-7-13/h3-9,14H,10H2,1-2H3/t14-/m1/s1. The third-order valence-corrected chi connectivity index (χ3v) is 4.48. The normalized spacial score (nSPS) is 16.8. The Hall–Kier alpha value is -2.88. The molecule has 0 saturated carbocycles. The van der Waals surface area contributed by atoms with Gasteiger partial charge in [0.25, 0.3) is 0 Å². The van der Waals surface area contributed by atoms with Crippen LogP contribution in [-0.2, 0) is 4.79 Å². The van der Waals surface area contributed by atoms with Crippen LogP contribution in [0.3, 0.4) is 0 Å². The van der Waals surface area contributed by atoms with Gasteiger partial charge in [-0.2, -0.15) is 0 Å². The van der Waals surface area contributed by atoms with Gasteiger partial charge >= 0.3 is 11.6 Å². The first-order valence-corrected chi connectivity index (χ1v) is 7.88. The van der Waals surface area contributed by atoms with Crippen LogP contribution in [-0.4, -0.2) is 5.97 Å². The first-order chi connectivity index (χ1) is 11.5. The predicted octanol–water partition coefficient (Wildman–Crippen LogP) is 3.85. The fourth-order valence-corrected chi connectivity index (χ4v) is 3.48. The summed E-state index contributed by atoms with van der Waals surface area (Å²) in [6, 6.07) is 13.3. The van der Waals surface area contributed by atoms with Crippen LogP contribution in [0.5, 0.6) is 5.75 Å². The molecule has 3 aromatic rings. The van der Waals surface area contributed by atoms with E-state index in [1.165, 1.54) is 0 Å². The molecule has 0 radical (unpaired) electrons. The largest absolute Gasteiger partial charge is 0.425 e. The molecule has 0 bridgehead atoms. The Morgan fingerprint density at radius 2 is 1.79 bits per heavy atom. The number of carbonyl (C=O) groups is 1. The molecule has 2 aromatic carbocycles. The summed E-state index contributed by atoms with van der Waals surface area (Å²) >= 11 is 0. The molecule has 1 atom stereocenters. The molecule has 1 aliphatic heterocycles. The van der Waals surface area contributed by atoms with Gasteiger partial charge < -0.3 is 9.15 Å². The average Bonchev–Trinajstić information content (AvgIpc) is 2.54. The maximum absolute atomic E-state index is 12.6. The topological polar surface area (TPSA) is 56.5 Å². The zero-order valence-corrected chi connectivity index (χ0v) is 13.5. The van der Waals surface area contributed by atoms with Crippen molar-refractivity contribution in [2.45, 2.75) is 26.2 Å². The molecule has 4 nitrogen and oxygen atoms in total. The van der Waals surface area contributed by atoms with Crippen molar-refractivity contribution < 1.29 is 13.9 Å². The van der Waals surface area contributed by atoms with Crippen molar-refractivity contribution in [1.82, 2.24) is 0 Å². The first kappa shape index (κ1) is 14.7. The molecule has 0 saturated heterocycles. The summed E-state index contributed by atoms with van der Waals surface area (Å²) in [6.07, 6.45) is 0.137. The molecule has 1 aliphatic rings. The third-order valence-electron chi connectivity index (χ3n) is 4.48. The minimum absolute atomic E-state index is 0.137. The van der Waals surface area contributed by atoms with Gasteiger partial charge in [0.1, 0.15) is 5.58 Å². The Morgan fingerprint density at radius 3 is 2.54 bits per heavy atom. The zero-order valence-electron chi connectivity index (χ0n) is 13.5. The molecular formula is C20H16O4. The molecule has 4 heteroatoms. The number of hydrogen-bond donors (Lipinski definition) is 0. The van der Waals surface area contributed by atoms with E-state index in [0.717, 1.165) is 16.7 Å². The van der Waals surface area contributed by atoms with E-state index in [9.17, 15) is 9.59 Å². The molecular weight excluding hydrogens is 304 g/mol. The maximum Gasteiger partial charge on any atom is 0.343 e. The molecule has 0 amide bonds. The highest BCUT2D eigenvalue weighted by Gasteiger charge is 2.34. The summed E-state index contributed by atoms with van der Waals surface area (Å²) in [6.45, 7) is 3.86. The molecule has 120 valence electrons. The molecule has 1 aromatic heterocycles. The number of aryl methyl sites for hydroxylation is 2. The average molecular weight is 320 g/mol. The van der Waals surface area contributed by atoms with Crippen molar-refractivity contribution in [3.05, 3.63) is 75.1 Å². The second-order valence-electron chi connectivity index (χ2n) is 6.23. The number of benzene rings is 2. The Morgan fingerprint density at radius 1 is 1.04 bits per heavy atom. The maximum atomic E-state index is 12.6. The minimum Gasteiger partial charge on any atom is -0.425 e. The van der Waals surface area contributed by atoms with Crippen molar-refractivity contribution in [3.8, 4) is 5.75 Å². The zero-order chi connectivity index (χ0) is 16.8. The number of hydrogen-bond acceptors (Lipinski definition) is 4. The fourth-order valence-electron chi connectivity index (χ4n) is 3.48. The lowest BCUT2D eigenvalue weighted by Gasteiger charge is -2.25. The molecule has 4 rings (SSSR count). The van der Waals surface area contributed by atoms with Gasteiger partial charge in [-0.1, -0.05) is 36.4 Å². The first-order valence-electron chi connectivity index (χ1n) is 7.88. The Kier molecular flexibility index (Phi) is 3.27. The van der Waals surface area contributed by atoms with E-state index >= 15 is 0 Å². The van der Waals surface area contributed by atoms with E-state index in [-0.39, 0.29) is 18.3 Å². The van der Waals surface area contributed by atoms with Gasteiger partial charge in [-0.25, -0.2) is 4.79 Å². The number of carbonyl (C=O) groups excluding carboxylic acids is 1. The van der Waals surface area contributed by atoms with Crippen LogP contribution in [0, 0.1) is 13.8 Å². The Balaban J connectivity index is 2.07. The van der Waals surface area contributed by atoms with Gasteiger partial charge in [0.15, 0.2) is 5.75 Å². The number of rotatable bonds is 1. The van der Waals surface area contributed by atoms with Gasteiger partial charge in [-0.05, 0) is 36.6 Å². The second-order valence-corrected chi connectivity index (χ2v) is 6.23. The third kappa shape index (κ3) is 2.22. The molecule has 0 aliphatic carbocycles. The molecule has 0 unspecified atom stereocenters. The quantitative estimate of drug-likeness (QED) is 0.505. The van der Waals surface area contributed by atoms with Gasteiger partial charge in [-0.3, -0.25) is 4.79 Å². The van der Waals surface area contributed by atoms with Crippen molar-refractivity contribution in [2.75, 3.05) is 0 Å². The van der Waals surface area contributed by atoms with Crippen molar-refractivity contribution in [1.29, 1.82) is 0 Å². The Bertz CT molecular complexity index is 1020. The summed E-state index contributed by atoms with van der Waals surface area (Å²) in [5, 5.41) is 0.698. The monoisotopic (exact) mass is 320 g/mol. The van der Waals surface area contributed by atoms with Crippen molar-refractivity contribution in [2.24, 2.45) is 0 Å². The van der Waals surface area contributed by atoms with E-state index in [1.54, 1.807) is 6.07 Å². The molecule has 0 spiro atoms. The number of fused-ring (bicyclic) bond motifs is 3. The molecule has 0 fully saturated rings. The van der Waals surface area contributed by atoms with Gasteiger partial charge in [0.2, 0.25) is 0 Å². The summed E-state index contributed by atoms with van der Waals surface area (Å²) in [5.74, 6) is -0.323. The lowest BCUT2D eigenvalue weighted by molar-refractivity contribution is -0.135. The smallest absolute Gasteiger partial charge is 0.343 e. The van der Waals surface area contributed by atoms with Gasteiger partial charge in [-0.15, -0.1) is 0 Å². The second kappa shape index (κ2) is 5.34. The van der Waals surface area contributed by atoms with Crippen LogP contribution in [0.4, 0.5) is 0 Å². The minimum atomic E-state index is -0.441. The van der Waals surface area contributed by atoms with Crippen molar-refractivity contribution >= 4 is 16.9 Å². The van der Waals surface area contributed by atoms with E-state index in [2.05, 4.69) is 0 Å². The summed E-state index contributed by atoms with van der Waals surface area (Å²) in [7, 11) is 0. The van der Waals surface area contributed by atoms with Crippen LogP contribution in [0.15, 0.2) is 51.7 Å². The predicted molar refractivity (Wildman–Crippen MR) is 90.5 cm³/mol.